The van der Waals surface area contributed by atoms with Crippen LogP contribution < -0.4 is 0 Å². The van der Waals surface area contributed by atoms with Crippen LogP contribution in [0.25, 0.3) is 0 Å². The van der Waals surface area contributed by atoms with Crippen molar-refractivity contribution in [2.24, 2.45) is 0 Å². The van der Waals surface area contributed by atoms with Gasteiger partial charge in [-0.3, -0.25) is 4.79 Å². The van der Waals surface area contributed by atoms with Gasteiger partial charge in [0.25, 0.3) is 5.91 Å². The zero-order valence-corrected chi connectivity index (χ0v) is 19.1. The second kappa shape index (κ2) is 10.8. The van der Waals surface area contributed by atoms with Gasteiger partial charge in [-0.05, 0) is 47.9 Å². The molecule has 0 saturated heterocycles. The molecule has 0 fully saturated rings. The van der Waals surface area contributed by atoms with Gasteiger partial charge in [0.15, 0.2) is 0 Å². The quantitative estimate of drug-likeness (QED) is 0.273. The van der Waals surface area contributed by atoms with E-state index < -0.39 is 0 Å². The molecule has 0 N–H and O–H groups in total. The largest absolute Gasteiger partial charge is 0.330 e. The first-order valence-electron chi connectivity index (χ1n) is 10.8. The van der Waals surface area contributed by atoms with E-state index in [1.807, 2.05) is 65.2 Å². The Kier molecular flexibility index (Phi) is 7.42. The summed E-state index contributed by atoms with van der Waals surface area (Å²) in [5, 5.41) is 0. The Morgan fingerprint density at radius 3 is 1.72 bits per heavy atom. The Morgan fingerprint density at radius 1 is 0.656 bits per heavy atom. The van der Waals surface area contributed by atoms with E-state index in [9.17, 15) is 4.79 Å². The van der Waals surface area contributed by atoms with Gasteiger partial charge in [0.1, 0.15) is 0 Å². The molecule has 4 aromatic rings. The minimum atomic E-state index is 0.0513. The third-order valence-corrected chi connectivity index (χ3v) is 6.43. The molecule has 0 bridgehead atoms. The molecular weight excluding hydrogens is 410 g/mol. The van der Waals surface area contributed by atoms with Gasteiger partial charge < -0.3 is 4.90 Å². The maximum atomic E-state index is 13.4. The van der Waals surface area contributed by atoms with Crippen molar-refractivity contribution in [2.45, 2.75) is 30.7 Å². The molecule has 0 atom stereocenters. The van der Waals surface area contributed by atoms with E-state index >= 15 is 0 Å². The molecule has 2 nitrogen and oxygen atoms in total. The highest BCUT2D eigenvalue weighted by atomic mass is 32.2. The Bertz CT molecular complexity index is 1080. The number of hydrogen-bond donors (Lipinski definition) is 0. The van der Waals surface area contributed by atoms with Gasteiger partial charge >= 0.3 is 0 Å². The molecular formula is C29H27NOS. The van der Waals surface area contributed by atoms with Crippen molar-refractivity contribution in [3.8, 4) is 0 Å². The number of thioether (sulfide) groups is 1. The summed E-state index contributed by atoms with van der Waals surface area (Å²) in [6.07, 6.45) is 0. The molecule has 0 aliphatic heterocycles. The van der Waals surface area contributed by atoms with E-state index in [1.54, 1.807) is 0 Å². The number of carbonyl (C=O) groups excluding carboxylic acids is 1. The van der Waals surface area contributed by atoms with Crippen LogP contribution in [-0.2, 0) is 18.8 Å². The average Bonchev–Trinajstić information content (AvgIpc) is 2.84. The van der Waals surface area contributed by atoms with Gasteiger partial charge in [-0.15, -0.1) is 11.8 Å². The normalized spacial score (nSPS) is 10.7. The van der Waals surface area contributed by atoms with Crippen LogP contribution in [0.2, 0.25) is 0 Å². The van der Waals surface area contributed by atoms with Crippen LogP contribution in [0.15, 0.2) is 114 Å². The molecule has 4 aromatic carbocycles. The first-order chi connectivity index (χ1) is 15.7. The molecule has 4 rings (SSSR count). The Labute approximate surface area is 194 Å². The summed E-state index contributed by atoms with van der Waals surface area (Å²) in [7, 11) is 0. The second-order valence-corrected chi connectivity index (χ2v) is 8.98. The van der Waals surface area contributed by atoms with Crippen molar-refractivity contribution < 1.29 is 4.79 Å². The Balaban J connectivity index is 1.46. The van der Waals surface area contributed by atoms with Gasteiger partial charge in [0.2, 0.25) is 0 Å². The molecule has 0 saturated carbocycles. The van der Waals surface area contributed by atoms with Crippen molar-refractivity contribution in [2.75, 3.05) is 0 Å². The molecule has 0 spiro atoms. The van der Waals surface area contributed by atoms with Crippen LogP contribution in [0.4, 0.5) is 0 Å². The summed E-state index contributed by atoms with van der Waals surface area (Å²) in [5.41, 5.74) is 5.46. The first kappa shape index (κ1) is 21.9. The lowest BCUT2D eigenvalue weighted by Gasteiger charge is -2.23. The van der Waals surface area contributed by atoms with Crippen molar-refractivity contribution >= 4 is 17.7 Å². The van der Waals surface area contributed by atoms with Crippen molar-refractivity contribution in [1.29, 1.82) is 0 Å². The number of benzene rings is 4. The summed E-state index contributed by atoms with van der Waals surface area (Å²) in [5.74, 6) is 0.936. The topological polar surface area (TPSA) is 20.3 Å². The van der Waals surface area contributed by atoms with Crippen molar-refractivity contribution in [3.63, 3.8) is 0 Å². The van der Waals surface area contributed by atoms with E-state index in [2.05, 4.69) is 67.6 Å². The van der Waals surface area contributed by atoms with Crippen LogP contribution in [0, 0.1) is 6.92 Å². The predicted molar refractivity (Wildman–Crippen MR) is 134 cm³/mol. The number of rotatable bonds is 8. The van der Waals surface area contributed by atoms with Crippen LogP contribution in [0.5, 0.6) is 0 Å². The number of hydrogen-bond acceptors (Lipinski definition) is 2. The fraction of sp³-hybridized carbons (Fsp3) is 0.138. The summed E-state index contributed by atoms with van der Waals surface area (Å²) >= 11 is 1.81. The Morgan fingerprint density at radius 2 is 1.19 bits per heavy atom. The van der Waals surface area contributed by atoms with E-state index in [1.165, 1.54) is 16.0 Å². The minimum absolute atomic E-state index is 0.0513. The monoisotopic (exact) mass is 437 g/mol. The number of carbonyl (C=O) groups is 1. The fourth-order valence-corrected chi connectivity index (χ4v) is 4.39. The van der Waals surface area contributed by atoms with Crippen LogP contribution >= 0.6 is 11.8 Å². The maximum Gasteiger partial charge on any atom is 0.254 e. The molecule has 160 valence electrons. The SMILES string of the molecule is Cc1ccc(SCc2ccc(C(=O)N(Cc3ccccc3)Cc3ccccc3)cc2)cc1. The molecule has 0 aliphatic carbocycles. The highest BCUT2D eigenvalue weighted by Gasteiger charge is 2.17. The second-order valence-electron chi connectivity index (χ2n) is 7.93. The lowest BCUT2D eigenvalue weighted by molar-refractivity contribution is 0.0730. The van der Waals surface area contributed by atoms with Crippen LogP contribution in [0.1, 0.15) is 32.6 Å². The minimum Gasteiger partial charge on any atom is -0.330 e. The van der Waals surface area contributed by atoms with Gasteiger partial charge in [-0.2, -0.15) is 0 Å². The summed E-state index contributed by atoms with van der Waals surface area (Å²) in [6.45, 7) is 3.27. The molecule has 1 amide bonds. The van der Waals surface area contributed by atoms with Crippen LogP contribution in [0.3, 0.4) is 0 Å². The third kappa shape index (κ3) is 6.12. The van der Waals surface area contributed by atoms with Gasteiger partial charge in [-0.1, -0.05) is 90.5 Å². The average molecular weight is 438 g/mol. The zero-order valence-electron chi connectivity index (χ0n) is 18.3. The first-order valence-corrected chi connectivity index (χ1v) is 11.8. The zero-order chi connectivity index (χ0) is 22.2. The van der Waals surface area contributed by atoms with E-state index in [0.29, 0.717) is 13.1 Å². The molecule has 0 aromatic heterocycles. The number of amides is 1. The number of nitrogens with zero attached hydrogens (tertiary/aromatic N) is 1. The molecule has 0 unspecified atom stereocenters. The molecule has 0 radical (unpaired) electrons. The highest BCUT2D eigenvalue weighted by molar-refractivity contribution is 7.98. The summed E-state index contributed by atoms with van der Waals surface area (Å²) in [4.78, 5) is 16.6. The summed E-state index contributed by atoms with van der Waals surface area (Å²) < 4.78 is 0. The standard InChI is InChI=1S/C29H27NOS/c1-23-12-18-28(19-13-23)32-22-26-14-16-27(17-15-26)29(31)30(20-24-8-4-2-5-9-24)21-25-10-6-3-7-11-25/h2-19H,20-22H2,1H3. The predicted octanol–water partition coefficient (Wildman–Crippen LogP) is 7.13. The van der Waals surface area contributed by atoms with E-state index in [-0.39, 0.29) is 5.91 Å². The smallest absolute Gasteiger partial charge is 0.254 e. The lowest BCUT2D eigenvalue weighted by Crippen LogP contribution is -2.30. The highest BCUT2D eigenvalue weighted by Crippen LogP contribution is 2.23. The van der Waals surface area contributed by atoms with Crippen molar-refractivity contribution in [3.05, 3.63) is 137 Å². The van der Waals surface area contributed by atoms with Gasteiger partial charge in [0, 0.05) is 29.3 Å². The molecule has 3 heteroatoms. The summed E-state index contributed by atoms with van der Waals surface area (Å²) in [6, 6.07) is 37.0. The van der Waals surface area contributed by atoms with E-state index in [4.69, 9.17) is 0 Å². The third-order valence-electron chi connectivity index (χ3n) is 5.35. The number of aryl methyl sites for hydroxylation is 1. The van der Waals surface area contributed by atoms with Gasteiger partial charge in [-0.25, -0.2) is 0 Å². The van der Waals surface area contributed by atoms with Crippen molar-refractivity contribution in [1.82, 2.24) is 4.90 Å². The van der Waals surface area contributed by atoms with Gasteiger partial charge in [0.05, 0.1) is 0 Å². The molecule has 32 heavy (non-hydrogen) atoms. The molecule has 0 aliphatic rings. The fourth-order valence-electron chi connectivity index (χ4n) is 3.53. The lowest BCUT2D eigenvalue weighted by atomic mass is 10.1. The Hall–Kier alpha value is -3.30. The van der Waals surface area contributed by atoms with Crippen LogP contribution in [-0.4, -0.2) is 10.8 Å². The molecule has 0 heterocycles. The maximum absolute atomic E-state index is 13.4. The van der Waals surface area contributed by atoms with E-state index in [0.717, 1.165) is 22.4 Å².